The van der Waals surface area contributed by atoms with Crippen LogP contribution < -0.4 is 10.6 Å². The summed E-state index contributed by atoms with van der Waals surface area (Å²) >= 11 is 0. The van der Waals surface area contributed by atoms with Gasteiger partial charge in [-0.3, -0.25) is 9.59 Å². The Bertz CT molecular complexity index is 879. The number of furan rings is 1. The van der Waals surface area contributed by atoms with Crippen LogP contribution in [0.5, 0.6) is 0 Å². The minimum atomic E-state index is -3.98. The van der Waals surface area contributed by atoms with Crippen LogP contribution in [-0.4, -0.2) is 51.3 Å². The van der Waals surface area contributed by atoms with Crippen molar-refractivity contribution in [3.05, 3.63) is 48.4 Å². The van der Waals surface area contributed by atoms with Gasteiger partial charge in [-0.05, 0) is 36.4 Å². The van der Waals surface area contributed by atoms with Gasteiger partial charge in [0.1, 0.15) is 5.76 Å². The van der Waals surface area contributed by atoms with E-state index in [2.05, 4.69) is 10.6 Å². The lowest BCUT2D eigenvalue weighted by atomic mass is 10.3. The van der Waals surface area contributed by atoms with Crippen LogP contribution in [0.15, 0.2) is 52.0 Å². The molecule has 0 spiro atoms. The average molecular weight is 409 g/mol. The number of hydrogen-bond donors (Lipinski definition) is 2. The monoisotopic (exact) mass is 409 g/mol. The zero-order valence-electron chi connectivity index (χ0n) is 15.7. The summed E-state index contributed by atoms with van der Waals surface area (Å²) in [4.78, 5) is 23.3. The zero-order valence-corrected chi connectivity index (χ0v) is 16.5. The summed E-state index contributed by atoms with van der Waals surface area (Å²) < 4.78 is 37.2. The quantitative estimate of drug-likeness (QED) is 0.569. The Labute approximate surface area is 163 Å². The maximum absolute atomic E-state index is 13.0. The number of carbonyl (C=O) groups excluding carboxylic acids is 2. The molecule has 2 amide bonds. The van der Waals surface area contributed by atoms with Gasteiger partial charge in [0.05, 0.1) is 30.9 Å². The van der Waals surface area contributed by atoms with Gasteiger partial charge in [0.25, 0.3) is 0 Å². The van der Waals surface area contributed by atoms with Crippen LogP contribution in [0.1, 0.15) is 12.7 Å². The Kier molecular flexibility index (Phi) is 7.73. The van der Waals surface area contributed by atoms with E-state index in [0.717, 1.165) is 4.31 Å². The summed E-state index contributed by atoms with van der Waals surface area (Å²) in [7, 11) is -2.48. The summed E-state index contributed by atoms with van der Waals surface area (Å²) in [6.45, 7) is 1.48. The fourth-order valence-electron chi connectivity index (χ4n) is 2.37. The largest absolute Gasteiger partial charge is 0.468 e. The molecule has 0 atom stereocenters. The molecule has 0 bridgehead atoms. The molecule has 28 heavy (non-hydrogen) atoms. The van der Waals surface area contributed by atoms with Crippen LogP contribution >= 0.6 is 0 Å². The van der Waals surface area contributed by atoms with E-state index in [-0.39, 0.29) is 30.4 Å². The zero-order chi connectivity index (χ0) is 20.6. The minimum absolute atomic E-state index is 0.00199. The summed E-state index contributed by atoms with van der Waals surface area (Å²) in [5.74, 6) is -0.312. The molecule has 9 nitrogen and oxygen atoms in total. The lowest BCUT2D eigenvalue weighted by Crippen LogP contribution is -2.41. The summed E-state index contributed by atoms with van der Waals surface area (Å²) in [6.07, 6.45) is 1.43. The first kappa shape index (κ1) is 21.6. The maximum atomic E-state index is 13.0. The second kappa shape index (κ2) is 10.0. The molecule has 0 aliphatic heterocycles. The first-order valence-electron chi connectivity index (χ1n) is 8.48. The summed E-state index contributed by atoms with van der Waals surface area (Å²) in [6, 6.07) is 8.99. The summed E-state index contributed by atoms with van der Waals surface area (Å²) in [5.41, 5.74) is 0.473. The third kappa shape index (κ3) is 6.19. The fourth-order valence-corrected chi connectivity index (χ4v) is 3.74. The molecule has 2 N–H and O–H groups in total. The van der Waals surface area contributed by atoms with Crippen molar-refractivity contribution in [2.75, 3.05) is 32.1 Å². The van der Waals surface area contributed by atoms with Gasteiger partial charge >= 0.3 is 0 Å². The molecule has 0 unspecified atom stereocenters. The standard InChI is InChI=1S/C18H23N3O6S/c1-14(22)20-15-5-7-17(8-6-15)28(24,25)21(12-16-4-3-10-27-16)13-18(23)19-9-11-26-2/h3-8,10H,9,11-13H2,1-2H3,(H,19,23)(H,20,22). The van der Waals surface area contributed by atoms with Gasteiger partial charge in [-0.2, -0.15) is 4.31 Å². The van der Waals surface area contributed by atoms with E-state index in [1.54, 1.807) is 12.1 Å². The fraction of sp³-hybridized carbons (Fsp3) is 0.333. The Morgan fingerprint density at radius 1 is 1.18 bits per heavy atom. The Balaban J connectivity index is 2.21. The number of carbonyl (C=O) groups is 2. The molecule has 10 heteroatoms. The number of nitrogens with one attached hydrogen (secondary N) is 2. The third-order valence-corrected chi connectivity index (χ3v) is 5.48. The first-order valence-corrected chi connectivity index (χ1v) is 9.92. The molecule has 0 saturated carbocycles. The van der Waals surface area contributed by atoms with Crippen molar-refractivity contribution in [2.45, 2.75) is 18.4 Å². The number of hydrogen-bond acceptors (Lipinski definition) is 6. The first-order chi connectivity index (χ1) is 13.3. The van der Waals surface area contributed by atoms with Gasteiger partial charge < -0.3 is 19.8 Å². The Morgan fingerprint density at radius 3 is 2.46 bits per heavy atom. The number of amides is 2. The van der Waals surface area contributed by atoms with E-state index in [4.69, 9.17) is 9.15 Å². The van der Waals surface area contributed by atoms with Crippen LogP contribution in [-0.2, 0) is 30.9 Å². The van der Waals surface area contributed by atoms with E-state index < -0.39 is 15.9 Å². The highest BCUT2D eigenvalue weighted by molar-refractivity contribution is 7.89. The van der Waals surface area contributed by atoms with Crippen molar-refractivity contribution < 1.29 is 27.2 Å². The average Bonchev–Trinajstić information content (AvgIpc) is 3.14. The predicted octanol–water partition coefficient (Wildman–Crippen LogP) is 1.19. The van der Waals surface area contributed by atoms with Gasteiger partial charge in [-0.25, -0.2) is 8.42 Å². The molecule has 1 aromatic heterocycles. The number of nitrogens with zero attached hydrogens (tertiary/aromatic N) is 1. The van der Waals surface area contributed by atoms with E-state index in [9.17, 15) is 18.0 Å². The molecule has 152 valence electrons. The minimum Gasteiger partial charge on any atom is -0.468 e. The lowest BCUT2D eigenvalue weighted by molar-refractivity contribution is -0.121. The van der Waals surface area contributed by atoms with E-state index in [1.165, 1.54) is 44.6 Å². The number of rotatable bonds is 10. The number of benzene rings is 1. The molecule has 0 saturated heterocycles. The van der Waals surface area contributed by atoms with Gasteiger partial charge in [-0.15, -0.1) is 0 Å². The lowest BCUT2D eigenvalue weighted by Gasteiger charge is -2.21. The SMILES string of the molecule is COCCNC(=O)CN(Cc1ccco1)S(=O)(=O)c1ccc(NC(C)=O)cc1. The molecular weight excluding hydrogens is 386 g/mol. The summed E-state index contributed by atoms with van der Waals surface area (Å²) in [5, 5.41) is 5.17. The molecule has 0 fully saturated rings. The van der Waals surface area contributed by atoms with Crippen molar-refractivity contribution in [3.63, 3.8) is 0 Å². The van der Waals surface area contributed by atoms with Crippen molar-refractivity contribution in [3.8, 4) is 0 Å². The van der Waals surface area contributed by atoms with Crippen LogP contribution in [0.4, 0.5) is 5.69 Å². The van der Waals surface area contributed by atoms with E-state index in [0.29, 0.717) is 18.1 Å². The number of ether oxygens (including phenoxy) is 1. The Hall–Kier alpha value is -2.69. The number of methoxy groups -OCH3 is 1. The third-order valence-electron chi connectivity index (χ3n) is 3.67. The van der Waals surface area contributed by atoms with Gasteiger partial charge in [0.15, 0.2) is 0 Å². The van der Waals surface area contributed by atoms with Crippen LogP contribution in [0.25, 0.3) is 0 Å². The molecule has 2 rings (SSSR count). The van der Waals surface area contributed by atoms with Gasteiger partial charge in [0.2, 0.25) is 21.8 Å². The number of sulfonamides is 1. The normalized spacial score (nSPS) is 11.4. The molecule has 1 aromatic carbocycles. The molecule has 0 radical (unpaired) electrons. The molecule has 0 aliphatic rings. The van der Waals surface area contributed by atoms with Crippen LogP contribution in [0.3, 0.4) is 0 Å². The topological polar surface area (TPSA) is 118 Å². The van der Waals surface area contributed by atoms with Crippen LogP contribution in [0, 0.1) is 0 Å². The van der Waals surface area contributed by atoms with Crippen molar-refractivity contribution in [1.82, 2.24) is 9.62 Å². The highest BCUT2D eigenvalue weighted by Crippen LogP contribution is 2.20. The smallest absolute Gasteiger partial charge is 0.243 e. The number of anilines is 1. The molecular formula is C18H23N3O6S. The second-order valence-corrected chi connectivity index (χ2v) is 7.84. The molecule has 1 heterocycles. The van der Waals surface area contributed by atoms with Crippen molar-refractivity contribution >= 4 is 27.5 Å². The molecule has 2 aromatic rings. The maximum Gasteiger partial charge on any atom is 0.243 e. The van der Waals surface area contributed by atoms with E-state index >= 15 is 0 Å². The van der Waals surface area contributed by atoms with Crippen LogP contribution in [0.2, 0.25) is 0 Å². The van der Waals surface area contributed by atoms with Gasteiger partial charge in [0, 0.05) is 26.3 Å². The molecule has 0 aliphatic carbocycles. The second-order valence-electron chi connectivity index (χ2n) is 5.90. The van der Waals surface area contributed by atoms with Crippen molar-refractivity contribution in [1.29, 1.82) is 0 Å². The predicted molar refractivity (Wildman–Crippen MR) is 102 cm³/mol. The highest BCUT2D eigenvalue weighted by Gasteiger charge is 2.27. The van der Waals surface area contributed by atoms with E-state index in [1.807, 2.05) is 0 Å². The highest BCUT2D eigenvalue weighted by atomic mass is 32.2. The Morgan fingerprint density at radius 2 is 1.89 bits per heavy atom. The van der Waals surface area contributed by atoms with Gasteiger partial charge in [-0.1, -0.05) is 0 Å². The van der Waals surface area contributed by atoms with Crippen molar-refractivity contribution in [2.24, 2.45) is 0 Å².